The molecule has 1 fully saturated rings. The Labute approximate surface area is 176 Å². The third-order valence-corrected chi connectivity index (χ3v) is 5.87. The fourth-order valence-electron chi connectivity index (χ4n) is 3.88. The summed E-state index contributed by atoms with van der Waals surface area (Å²) in [7, 11) is 2.17. The number of piperidine rings is 1. The summed E-state index contributed by atoms with van der Waals surface area (Å²) in [6.45, 7) is 2.65. The van der Waals surface area contributed by atoms with Crippen molar-refractivity contribution in [1.29, 1.82) is 0 Å². The Balaban J connectivity index is 0.00000225. The first-order chi connectivity index (χ1) is 13.1. The van der Waals surface area contributed by atoms with Crippen LogP contribution in [-0.2, 0) is 0 Å². The van der Waals surface area contributed by atoms with Gasteiger partial charge in [-0.2, -0.15) is 5.10 Å². The van der Waals surface area contributed by atoms with Gasteiger partial charge in [0.1, 0.15) is 0 Å². The summed E-state index contributed by atoms with van der Waals surface area (Å²) in [6.07, 6.45) is 3.58. The second kappa shape index (κ2) is 9.14. The molecule has 4 rings (SSSR count). The van der Waals surface area contributed by atoms with E-state index >= 15 is 0 Å². The Bertz CT molecular complexity index is 891. The van der Waals surface area contributed by atoms with Gasteiger partial charge in [0.25, 0.3) is 0 Å². The van der Waals surface area contributed by atoms with Crippen molar-refractivity contribution in [3.8, 4) is 0 Å². The van der Waals surface area contributed by atoms with Gasteiger partial charge in [0.2, 0.25) is 0 Å². The second-order valence-electron chi connectivity index (χ2n) is 7.35. The average molecular weight is 421 g/mol. The molecule has 5 nitrogen and oxygen atoms in total. The Kier molecular flexibility index (Phi) is 6.83. The molecule has 0 amide bonds. The molecule has 2 heterocycles. The monoisotopic (exact) mass is 420 g/mol. The normalized spacial score (nSPS) is 16.7. The van der Waals surface area contributed by atoms with Gasteiger partial charge in [0.15, 0.2) is 0 Å². The molecule has 1 unspecified atom stereocenters. The van der Waals surface area contributed by atoms with Crippen LogP contribution >= 0.6 is 24.0 Å². The SMILES string of the molecule is CN(c1ccc2[nH]ncc2c1)C1CCN(CC(O)c2ccc(Cl)cc2)CC1.Cl. The molecular weight excluding hydrogens is 395 g/mol. The topological polar surface area (TPSA) is 55.4 Å². The number of aliphatic hydroxyl groups is 1. The van der Waals surface area contributed by atoms with E-state index in [1.165, 1.54) is 5.69 Å². The van der Waals surface area contributed by atoms with Gasteiger partial charge in [0, 0.05) is 48.8 Å². The molecule has 1 aliphatic heterocycles. The van der Waals surface area contributed by atoms with E-state index in [0.717, 1.165) is 42.4 Å². The second-order valence-corrected chi connectivity index (χ2v) is 7.79. The number of aliphatic hydroxyl groups excluding tert-OH is 1. The zero-order chi connectivity index (χ0) is 18.8. The summed E-state index contributed by atoms with van der Waals surface area (Å²) in [4.78, 5) is 4.72. The average Bonchev–Trinajstić information content (AvgIpc) is 3.16. The van der Waals surface area contributed by atoms with Crippen LogP contribution in [0.3, 0.4) is 0 Å². The largest absolute Gasteiger partial charge is 0.387 e. The van der Waals surface area contributed by atoms with Gasteiger partial charge in [-0.3, -0.25) is 5.10 Å². The Morgan fingerprint density at radius 2 is 1.93 bits per heavy atom. The van der Waals surface area contributed by atoms with E-state index in [1.54, 1.807) is 0 Å². The first-order valence-electron chi connectivity index (χ1n) is 9.42. The van der Waals surface area contributed by atoms with E-state index in [2.05, 4.69) is 45.2 Å². The van der Waals surface area contributed by atoms with Crippen LogP contribution in [0.15, 0.2) is 48.7 Å². The predicted octanol–water partition coefficient (Wildman–Crippen LogP) is 4.27. The molecule has 0 saturated carbocycles. The van der Waals surface area contributed by atoms with Gasteiger partial charge >= 0.3 is 0 Å². The number of anilines is 1. The van der Waals surface area contributed by atoms with Crippen LogP contribution < -0.4 is 4.90 Å². The number of nitrogens with zero attached hydrogens (tertiary/aromatic N) is 3. The number of hydrogen-bond acceptors (Lipinski definition) is 4. The molecule has 1 atom stereocenters. The van der Waals surface area contributed by atoms with Gasteiger partial charge < -0.3 is 14.9 Å². The van der Waals surface area contributed by atoms with Crippen molar-refractivity contribution in [1.82, 2.24) is 15.1 Å². The van der Waals surface area contributed by atoms with Crippen LogP contribution in [0, 0.1) is 0 Å². The molecule has 0 bridgehead atoms. The molecule has 28 heavy (non-hydrogen) atoms. The van der Waals surface area contributed by atoms with Gasteiger partial charge in [-0.15, -0.1) is 12.4 Å². The highest BCUT2D eigenvalue weighted by Crippen LogP contribution is 2.26. The van der Waals surface area contributed by atoms with Crippen LogP contribution in [-0.4, -0.2) is 52.9 Å². The van der Waals surface area contributed by atoms with Crippen molar-refractivity contribution in [2.45, 2.75) is 25.0 Å². The summed E-state index contributed by atoms with van der Waals surface area (Å²) < 4.78 is 0. The molecule has 7 heteroatoms. The van der Waals surface area contributed by atoms with E-state index in [4.69, 9.17) is 11.6 Å². The summed E-state index contributed by atoms with van der Waals surface area (Å²) in [5.41, 5.74) is 3.22. The fraction of sp³-hybridized carbons (Fsp3) is 0.381. The molecule has 150 valence electrons. The highest BCUT2D eigenvalue weighted by Gasteiger charge is 2.24. The number of halogens is 2. The minimum atomic E-state index is -0.472. The molecule has 1 aromatic heterocycles. The molecule has 0 spiro atoms. The number of aromatic amines is 1. The molecule has 2 aromatic carbocycles. The minimum Gasteiger partial charge on any atom is -0.387 e. The van der Waals surface area contributed by atoms with Gasteiger partial charge in [-0.05, 0) is 48.7 Å². The maximum absolute atomic E-state index is 10.5. The summed E-state index contributed by atoms with van der Waals surface area (Å²) >= 11 is 5.93. The number of hydrogen-bond donors (Lipinski definition) is 2. The standard InChI is InChI=1S/C21H25ClN4O.ClH/c1-25(19-6-7-20-16(12-19)13-23-24-20)18-8-10-26(11-9-18)14-21(27)15-2-4-17(22)5-3-15;/h2-7,12-13,18,21,27H,8-11,14H2,1H3,(H,23,24);1H. The maximum atomic E-state index is 10.5. The molecule has 1 saturated heterocycles. The lowest BCUT2D eigenvalue weighted by Gasteiger charge is -2.38. The fourth-order valence-corrected chi connectivity index (χ4v) is 4.01. The van der Waals surface area contributed by atoms with E-state index in [1.807, 2.05) is 30.5 Å². The third-order valence-electron chi connectivity index (χ3n) is 5.62. The highest BCUT2D eigenvalue weighted by molar-refractivity contribution is 6.30. The zero-order valence-electron chi connectivity index (χ0n) is 15.9. The highest BCUT2D eigenvalue weighted by atomic mass is 35.5. The number of aromatic nitrogens is 2. The Morgan fingerprint density at radius 1 is 1.21 bits per heavy atom. The number of β-amino-alcohol motifs (C(OH)–C–C–N with tert-alkyl or cyclic N) is 1. The quantitative estimate of drug-likeness (QED) is 0.646. The van der Waals surface area contributed by atoms with E-state index in [0.29, 0.717) is 17.6 Å². The maximum Gasteiger partial charge on any atom is 0.0916 e. The van der Waals surface area contributed by atoms with Crippen LogP contribution in [0.1, 0.15) is 24.5 Å². The lowest BCUT2D eigenvalue weighted by molar-refractivity contribution is 0.0973. The van der Waals surface area contributed by atoms with Crippen molar-refractivity contribution in [2.75, 3.05) is 31.6 Å². The number of likely N-dealkylation sites (tertiary alicyclic amines) is 1. The summed E-state index contributed by atoms with van der Waals surface area (Å²) in [5, 5.41) is 19.4. The lowest BCUT2D eigenvalue weighted by atomic mass is 10.0. The van der Waals surface area contributed by atoms with Gasteiger partial charge in [0.05, 0.1) is 17.8 Å². The first kappa shape index (κ1) is 20.9. The minimum absolute atomic E-state index is 0. The molecule has 1 aliphatic rings. The van der Waals surface area contributed by atoms with Gasteiger partial charge in [-0.1, -0.05) is 23.7 Å². The number of rotatable bonds is 5. The molecular formula is C21H26Cl2N4O. The molecule has 0 radical (unpaired) electrons. The number of nitrogens with one attached hydrogen (secondary N) is 1. The van der Waals surface area contributed by atoms with E-state index < -0.39 is 6.10 Å². The Morgan fingerprint density at radius 3 is 2.64 bits per heavy atom. The van der Waals surface area contributed by atoms with E-state index in [-0.39, 0.29) is 12.4 Å². The van der Waals surface area contributed by atoms with Crippen LogP contribution in [0.5, 0.6) is 0 Å². The van der Waals surface area contributed by atoms with Crippen LogP contribution in [0.4, 0.5) is 5.69 Å². The molecule has 3 aromatic rings. The number of H-pyrrole nitrogens is 1. The summed E-state index contributed by atoms with van der Waals surface area (Å²) in [5.74, 6) is 0. The lowest BCUT2D eigenvalue weighted by Crippen LogP contribution is -2.44. The zero-order valence-corrected chi connectivity index (χ0v) is 17.5. The first-order valence-corrected chi connectivity index (χ1v) is 9.80. The predicted molar refractivity (Wildman–Crippen MR) is 118 cm³/mol. The number of fused-ring (bicyclic) bond motifs is 1. The molecule has 2 N–H and O–H groups in total. The van der Waals surface area contributed by atoms with Crippen molar-refractivity contribution >= 4 is 40.6 Å². The van der Waals surface area contributed by atoms with Crippen molar-refractivity contribution in [3.63, 3.8) is 0 Å². The smallest absolute Gasteiger partial charge is 0.0916 e. The number of benzene rings is 2. The van der Waals surface area contributed by atoms with Crippen molar-refractivity contribution < 1.29 is 5.11 Å². The summed E-state index contributed by atoms with van der Waals surface area (Å²) in [6, 6.07) is 14.4. The van der Waals surface area contributed by atoms with Crippen LogP contribution in [0.2, 0.25) is 5.02 Å². The van der Waals surface area contributed by atoms with Crippen molar-refractivity contribution in [3.05, 3.63) is 59.2 Å². The van der Waals surface area contributed by atoms with E-state index in [9.17, 15) is 5.11 Å². The van der Waals surface area contributed by atoms with Crippen molar-refractivity contribution in [2.24, 2.45) is 0 Å². The third kappa shape index (κ3) is 4.61. The molecule has 0 aliphatic carbocycles. The Hall–Kier alpha value is -1.79. The van der Waals surface area contributed by atoms with Gasteiger partial charge in [-0.25, -0.2) is 0 Å². The van der Waals surface area contributed by atoms with Crippen LogP contribution in [0.25, 0.3) is 10.9 Å².